The largest absolute Gasteiger partial charge is 0.456 e. The van der Waals surface area contributed by atoms with Gasteiger partial charge in [-0.15, -0.1) is 0 Å². The molecule has 0 bridgehead atoms. The van der Waals surface area contributed by atoms with Crippen molar-refractivity contribution in [3.63, 3.8) is 0 Å². The third-order valence-electron chi connectivity index (χ3n) is 12.3. The van der Waals surface area contributed by atoms with E-state index >= 15 is 0 Å². The van der Waals surface area contributed by atoms with Crippen molar-refractivity contribution in [2.45, 2.75) is 0 Å². The Labute approximate surface area is 361 Å². The first-order valence-corrected chi connectivity index (χ1v) is 21.1. The maximum absolute atomic E-state index is 6.72. The number of fused-ring (bicyclic) bond motifs is 9. The van der Waals surface area contributed by atoms with Crippen LogP contribution in [0.4, 0.5) is 0 Å². The highest BCUT2D eigenvalue weighted by molar-refractivity contribution is 6.21. The monoisotopic (exact) mass is 806 g/mol. The molecule has 0 amide bonds. The topological polar surface area (TPSA) is 69.9 Å². The average Bonchev–Trinajstić information content (AvgIpc) is 4.03. The van der Waals surface area contributed by atoms with Crippen molar-refractivity contribution in [1.29, 1.82) is 0 Å². The van der Waals surface area contributed by atoms with Crippen LogP contribution in [0.25, 0.3) is 128 Å². The lowest BCUT2D eigenvalue weighted by molar-refractivity contribution is 0.668. The molecule has 0 saturated heterocycles. The number of hydrogen-bond donors (Lipinski definition) is 0. The van der Waals surface area contributed by atoms with Crippen molar-refractivity contribution >= 4 is 65.7 Å². The standard InChI is InChI=1S/C57H34N4O2/c1-3-13-35(14-4-1)36-25-27-37(28-26-36)55-58-56(38-29-31-42-41-17-8-10-23-49(41)62-51(42)33-38)60-57(59-55)39-30-32-46-52(34-39)63-50-24-12-20-44(54(46)50)43-19-11-22-48-53(43)45-18-7-9-21-47(45)61(48)40-15-5-2-6-16-40/h1-34H. The molecule has 6 heteroatoms. The first-order valence-electron chi connectivity index (χ1n) is 21.1. The molecule has 0 fully saturated rings. The highest BCUT2D eigenvalue weighted by Gasteiger charge is 2.21. The fraction of sp³-hybridized carbons (Fsp3) is 0. The molecule has 4 heterocycles. The minimum absolute atomic E-state index is 0.549. The molecule has 0 aliphatic rings. The van der Waals surface area contributed by atoms with E-state index in [2.05, 4.69) is 180 Å². The number of rotatable bonds is 6. The minimum Gasteiger partial charge on any atom is -0.456 e. The van der Waals surface area contributed by atoms with Crippen LogP contribution in [-0.4, -0.2) is 19.5 Å². The van der Waals surface area contributed by atoms with Gasteiger partial charge in [0.15, 0.2) is 17.5 Å². The third-order valence-corrected chi connectivity index (χ3v) is 12.3. The molecule has 63 heavy (non-hydrogen) atoms. The number of benzene rings is 9. The van der Waals surface area contributed by atoms with Crippen LogP contribution in [0.5, 0.6) is 0 Å². The fourth-order valence-corrected chi connectivity index (χ4v) is 9.36. The van der Waals surface area contributed by atoms with Crippen LogP contribution in [0.15, 0.2) is 215 Å². The number of para-hydroxylation sites is 3. The zero-order valence-electron chi connectivity index (χ0n) is 33.7. The summed E-state index contributed by atoms with van der Waals surface area (Å²) in [6.07, 6.45) is 0. The van der Waals surface area contributed by atoms with Crippen molar-refractivity contribution in [2.24, 2.45) is 0 Å². The zero-order chi connectivity index (χ0) is 41.4. The Hall–Kier alpha value is -8.61. The highest BCUT2D eigenvalue weighted by Crippen LogP contribution is 2.44. The van der Waals surface area contributed by atoms with E-state index in [0.29, 0.717) is 17.5 Å². The van der Waals surface area contributed by atoms with Crippen molar-refractivity contribution in [1.82, 2.24) is 19.5 Å². The van der Waals surface area contributed by atoms with E-state index in [0.717, 1.165) is 94.0 Å². The Balaban J connectivity index is 0.968. The van der Waals surface area contributed by atoms with E-state index in [9.17, 15) is 0 Å². The van der Waals surface area contributed by atoms with Gasteiger partial charge in [0.1, 0.15) is 22.3 Å². The van der Waals surface area contributed by atoms with Gasteiger partial charge in [0.25, 0.3) is 0 Å². The molecule has 0 radical (unpaired) electrons. The van der Waals surface area contributed by atoms with Crippen LogP contribution in [0.3, 0.4) is 0 Å². The lowest BCUT2D eigenvalue weighted by atomic mass is 9.95. The minimum atomic E-state index is 0.549. The number of furan rings is 2. The quantitative estimate of drug-likeness (QED) is 0.167. The normalized spacial score (nSPS) is 11.8. The smallest absolute Gasteiger partial charge is 0.164 e. The molecule has 0 N–H and O–H groups in total. The van der Waals surface area contributed by atoms with Gasteiger partial charge in [0.2, 0.25) is 0 Å². The number of aromatic nitrogens is 4. The predicted molar refractivity (Wildman–Crippen MR) is 256 cm³/mol. The van der Waals surface area contributed by atoms with Crippen molar-refractivity contribution in [3.8, 4) is 62.1 Å². The summed E-state index contributed by atoms with van der Waals surface area (Å²) in [5, 5.41) is 6.63. The second-order valence-corrected chi connectivity index (χ2v) is 15.9. The van der Waals surface area contributed by atoms with Crippen molar-refractivity contribution < 1.29 is 8.83 Å². The Morgan fingerprint density at radius 3 is 1.56 bits per heavy atom. The molecule has 4 aromatic heterocycles. The number of hydrogen-bond acceptors (Lipinski definition) is 5. The third kappa shape index (κ3) is 5.69. The van der Waals surface area contributed by atoms with Gasteiger partial charge in [-0.05, 0) is 82.9 Å². The summed E-state index contributed by atoms with van der Waals surface area (Å²) in [4.78, 5) is 15.3. The molecule has 0 aliphatic heterocycles. The Kier molecular flexibility index (Phi) is 7.80. The van der Waals surface area contributed by atoms with Gasteiger partial charge in [-0.1, -0.05) is 146 Å². The second-order valence-electron chi connectivity index (χ2n) is 15.9. The average molecular weight is 807 g/mol. The molecule has 13 aromatic rings. The molecule has 0 unspecified atom stereocenters. The second kappa shape index (κ2) is 14.0. The van der Waals surface area contributed by atoms with E-state index < -0.39 is 0 Å². The van der Waals surface area contributed by atoms with Crippen molar-refractivity contribution in [3.05, 3.63) is 206 Å². The molecular weight excluding hydrogens is 773 g/mol. The predicted octanol–water partition coefficient (Wildman–Crippen LogP) is 15.1. The summed E-state index contributed by atoms with van der Waals surface area (Å²) in [7, 11) is 0. The Morgan fingerprint density at radius 2 is 0.794 bits per heavy atom. The van der Waals surface area contributed by atoms with Gasteiger partial charge in [-0.3, -0.25) is 0 Å². The zero-order valence-corrected chi connectivity index (χ0v) is 33.7. The van der Waals surface area contributed by atoms with Gasteiger partial charge in [-0.2, -0.15) is 0 Å². The van der Waals surface area contributed by atoms with Gasteiger partial charge >= 0.3 is 0 Å². The maximum atomic E-state index is 6.72. The summed E-state index contributed by atoms with van der Waals surface area (Å²) < 4.78 is 15.4. The molecule has 13 rings (SSSR count). The number of nitrogens with zero attached hydrogens (tertiary/aromatic N) is 4. The Morgan fingerprint density at radius 1 is 0.302 bits per heavy atom. The lowest BCUT2D eigenvalue weighted by Crippen LogP contribution is -2.00. The van der Waals surface area contributed by atoms with E-state index in [4.69, 9.17) is 23.8 Å². The molecule has 294 valence electrons. The summed E-state index contributed by atoms with van der Waals surface area (Å²) in [6, 6.07) is 71.5. The van der Waals surface area contributed by atoms with Crippen LogP contribution >= 0.6 is 0 Å². The molecular formula is C57H34N4O2. The van der Waals surface area contributed by atoms with Crippen LogP contribution in [0.2, 0.25) is 0 Å². The lowest BCUT2D eigenvalue weighted by Gasteiger charge is -2.10. The highest BCUT2D eigenvalue weighted by atomic mass is 16.3. The van der Waals surface area contributed by atoms with E-state index in [1.165, 1.54) is 16.3 Å². The van der Waals surface area contributed by atoms with Crippen LogP contribution in [-0.2, 0) is 0 Å². The Bertz CT molecular complexity index is 3900. The summed E-state index contributed by atoms with van der Waals surface area (Å²) in [5.74, 6) is 1.68. The van der Waals surface area contributed by atoms with Crippen LogP contribution < -0.4 is 0 Å². The molecule has 6 nitrogen and oxygen atoms in total. The van der Waals surface area contributed by atoms with Crippen LogP contribution in [0, 0.1) is 0 Å². The van der Waals surface area contributed by atoms with Crippen molar-refractivity contribution in [2.75, 3.05) is 0 Å². The fourth-order valence-electron chi connectivity index (χ4n) is 9.36. The summed E-state index contributed by atoms with van der Waals surface area (Å²) in [6.45, 7) is 0. The summed E-state index contributed by atoms with van der Waals surface area (Å²) in [5.41, 5.74) is 13.8. The van der Waals surface area contributed by atoms with E-state index in [1.807, 2.05) is 30.3 Å². The molecule has 0 saturated carbocycles. The molecule has 9 aromatic carbocycles. The van der Waals surface area contributed by atoms with Gasteiger partial charge in [0, 0.05) is 54.7 Å². The SMILES string of the molecule is c1ccc(-c2ccc(-c3nc(-c4ccc5c(c4)oc4ccccc45)nc(-c4ccc5c(c4)oc4cccc(-c6cccc7c6c6ccccc6n7-c6ccccc6)c45)n3)cc2)cc1. The molecule has 0 atom stereocenters. The summed E-state index contributed by atoms with van der Waals surface area (Å²) >= 11 is 0. The molecule has 0 aliphatic carbocycles. The van der Waals surface area contributed by atoms with Gasteiger partial charge in [0.05, 0.1) is 11.0 Å². The van der Waals surface area contributed by atoms with Gasteiger partial charge in [-0.25, -0.2) is 15.0 Å². The first kappa shape index (κ1) is 35.2. The molecule has 0 spiro atoms. The van der Waals surface area contributed by atoms with E-state index in [1.54, 1.807) is 0 Å². The van der Waals surface area contributed by atoms with Crippen LogP contribution in [0.1, 0.15) is 0 Å². The van der Waals surface area contributed by atoms with E-state index in [-0.39, 0.29) is 0 Å². The van der Waals surface area contributed by atoms with Gasteiger partial charge < -0.3 is 13.4 Å². The first-order chi connectivity index (χ1) is 31.2. The maximum Gasteiger partial charge on any atom is 0.164 e.